The molecule has 0 aliphatic carbocycles. The van der Waals surface area contributed by atoms with Crippen LogP contribution in [0.1, 0.15) is 15.5 Å². The average molecular weight is 220 g/mol. The van der Waals surface area contributed by atoms with Crippen LogP contribution in [0.5, 0.6) is 0 Å². The van der Waals surface area contributed by atoms with Gasteiger partial charge in [0, 0.05) is 12.4 Å². The highest BCUT2D eigenvalue weighted by Gasteiger charge is 2.16. The predicted molar refractivity (Wildman–Crippen MR) is 57.0 cm³/mol. The van der Waals surface area contributed by atoms with E-state index in [0.717, 1.165) is 10.6 Å². The van der Waals surface area contributed by atoms with Crippen molar-refractivity contribution in [3.63, 3.8) is 0 Å². The van der Waals surface area contributed by atoms with Crippen LogP contribution in [-0.4, -0.2) is 21.0 Å². The number of aryl methyl sites for hydroxylation is 1. The van der Waals surface area contributed by atoms with E-state index in [1.54, 1.807) is 31.5 Å². The lowest BCUT2D eigenvalue weighted by atomic mass is 10.2. The Balaban J connectivity index is 2.58. The average Bonchev–Trinajstić information content (AvgIpc) is 2.62. The third kappa shape index (κ3) is 1.87. The van der Waals surface area contributed by atoms with Crippen LogP contribution < -0.4 is 0 Å². The largest absolute Gasteiger partial charge is 0.476 e. The summed E-state index contributed by atoms with van der Waals surface area (Å²) in [6, 6.07) is 3.55. The molecule has 2 aromatic heterocycles. The molecule has 76 valence electrons. The summed E-state index contributed by atoms with van der Waals surface area (Å²) in [6.45, 7) is 1.79. The van der Waals surface area contributed by atoms with Crippen LogP contribution in [0.15, 0.2) is 24.5 Å². The second-order valence-corrected chi connectivity index (χ2v) is 4.15. The number of carboxylic acids is 1. The Morgan fingerprint density at radius 2 is 2.07 bits per heavy atom. The minimum Gasteiger partial charge on any atom is -0.476 e. The molecule has 0 saturated heterocycles. The molecule has 0 saturated carbocycles. The Morgan fingerprint density at radius 3 is 2.67 bits per heavy atom. The van der Waals surface area contributed by atoms with Gasteiger partial charge in [0.2, 0.25) is 0 Å². The Morgan fingerprint density at radius 1 is 1.40 bits per heavy atom. The molecule has 2 aromatic rings. The van der Waals surface area contributed by atoms with Crippen LogP contribution in [0.3, 0.4) is 0 Å². The summed E-state index contributed by atoms with van der Waals surface area (Å²) in [5.74, 6) is -0.994. The molecule has 2 rings (SSSR count). The van der Waals surface area contributed by atoms with Crippen LogP contribution >= 0.6 is 11.3 Å². The molecule has 0 unspecified atom stereocenters. The minimum absolute atomic E-state index is 0.115. The standard InChI is InChI=1S/C10H8N2O2S/c1-6-12-8(10(13)14)9(15-6)7-2-4-11-5-3-7/h2-5H,1H3,(H,13,14). The molecule has 0 radical (unpaired) electrons. The summed E-state index contributed by atoms with van der Waals surface area (Å²) in [5.41, 5.74) is 0.955. The molecule has 0 bridgehead atoms. The summed E-state index contributed by atoms with van der Waals surface area (Å²) in [7, 11) is 0. The molecule has 0 aliphatic heterocycles. The maximum Gasteiger partial charge on any atom is 0.356 e. The Labute approximate surface area is 90.3 Å². The number of pyridine rings is 1. The summed E-state index contributed by atoms with van der Waals surface area (Å²) in [4.78, 5) is 19.5. The predicted octanol–water partition coefficient (Wildman–Crippen LogP) is 2.21. The third-order valence-electron chi connectivity index (χ3n) is 1.88. The lowest BCUT2D eigenvalue weighted by molar-refractivity contribution is 0.0692. The highest BCUT2D eigenvalue weighted by molar-refractivity contribution is 7.15. The molecule has 0 atom stereocenters. The second-order valence-electron chi connectivity index (χ2n) is 2.95. The first kappa shape index (κ1) is 9.79. The van der Waals surface area contributed by atoms with Gasteiger partial charge in [-0.25, -0.2) is 9.78 Å². The Kier molecular flexibility index (Phi) is 2.47. The molecule has 0 spiro atoms. The van der Waals surface area contributed by atoms with Crippen LogP contribution in [-0.2, 0) is 0 Å². The highest BCUT2D eigenvalue weighted by Crippen LogP contribution is 2.29. The summed E-state index contributed by atoms with van der Waals surface area (Å²) < 4.78 is 0. The van der Waals surface area contributed by atoms with Gasteiger partial charge in [-0.15, -0.1) is 11.3 Å². The van der Waals surface area contributed by atoms with E-state index in [0.29, 0.717) is 4.88 Å². The van der Waals surface area contributed by atoms with E-state index >= 15 is 0 Å². The smallest absolute Gasteiger partial charge is 0.356 e. The van der Waals surface area contributed by atoms with Crippen molar-refractivity contribution in [3.05, 3.63) is 35.2 Å². The maximum atomic E-state index is 10.9. The molecule has 0 aliphatic rings. The van der Waals surface area contributed by atoms with Crippen LogP contribution in [0.4, 0.5) is 0 Å². The topological polar surface area (TPSA) is 63.1 Å². The number of aromatic carboxylic acids is 1. The van der Waals surface area contributed by atoms with Crippen molar-refractivity contribution in [3.8, 4) is 10.4 Å². The zero-order valence-electron chi connectivity index (χ0n) is 7.97. The van der Waals surface area contributed by atoms with Gasteiger partial charge < -0.3 is 5.11 Å². The van der Waals surface area contributed by atoms with Gasteiger partial charge in [0.1, 0.15) is 0 Å². The van der Waals surface area contributed by atoms with E-state index in [1.807, 2.05) is 0 Å². The van der Waals surface area contributed by atoms with Gasteiger partial charge in [0.25, 0.3) is 0 Å². The SMILES string of the molecule is Cc1nc(C(=O)O)c(-c2ccncc2)s1. The first-order valence-electron chi connectivity index (χ1n) is 4.29. The van der Waals surface area contributed by atoms with E-state index in [-0.39, 0.29) is 5.69 Å². The molecular formula is C10H8N2O2S. The fourth-order valence-electron chi connectivity index (χ4n) is 1.27. The second kappa shape index (κ2) is 3.78. The summed E-state index contributed by atoms with van der Waals surface area (Å²) in [5, 5.41) is 9.72. The molecule has 0 amide bonds. The van der Waals surface area contributed by atoms with Gasteiger partial charge in [0.15, 0.2) is 5.69 Å². The molecule has 5 heteroatoms. The van der Waals surface area contributed by atoms with Crippen molar-refractivity contribution in [2.45, 2.75) is 6.92 Å². The summed E-state index contributed by atoms with van der Waals surface area (Å²) in [6.07, 6.45) is 3.27. The molecule has 4 nitrogen and oxygen atoms in total. The van der Waals surface area contributed by atoms with E-state index in [1.165, 1.54) is 11.3 Å². The van der Waals surface area contributed by atoms with Crippen molar-refractivity contribution >= 4 is 17.3 Å². The molecular weight excluding hydrogens is 212 g/mol. The van der Waals surface area contributed by atoms with Crippen LogP contribution in [0.25, 0.3) is 10.4 Å². The van der Waals surface area contributed by atoms with Gasteiger partial charge in [-0.1, -0.05) is 0 Å². The highest BCUT2D eigenvalue weighted by atomic mass is 32.1. The molecule has 15 heavy (non-hydrogen) atoms. The van der Waals surface area contributed by atoms with Crippen molar-refractivity contribution in [2.24, 2.45) is 0 Å². The zero-order chi connectivity index (χ0) is 10.8. The number of rotatable bonds is 2. The van der Waals surface area contributed by atoms with E-state index in [9.17, 15) is 4.79 Å². The zero-order valence-corrected chi connectivity index (χ0v) is 8.78. The van der Waals surface area contributed by atoms with Gasteiger partial charge >= 0.3 is 5.97 Å². The number of hydrogen-bond donors (Lipinski definition) is 1. The van der Waals surface area contributed by atoms with Crippen LogP contribution in [0.2, 0.25) is 0 Å². The fourth-order valence-corrected chi connectivity index (χ4v) is 2.19. The van der Waals surface area contributed by atoms with Gasteiger partial charge in [-0.05, 0) is 24.6 Å². The van der Waals surface area contributed by atoms with Gasteiger partial charge in [-0.2, -0.15) is 0 Å². The lowest BCUT2D eigenvalue weighted by Crippen LogP contribution is -1.98. The fraction of sp³-hybridized carbons (Fsp3) is 0.100. The normalized spacial score (nSPS) is 10.2. The summed E-state index contributed by atoms with van der Waals surface area (Å²) >= 11 is 1.38. The van der Waals surface area contributed by atoms with Gasteiger partial charge in [-0.3, -0.25) is 4.98 Å². The number of carbonyl (C=O) groups is 1. The number of hydrogen-bond acceptors (Lipinski definition) is 4. The molecule has 2 heterocycles. The number of nitrogens with zero attached hydrogens (tertiary/aromatic N) is 2. The third-order valence-corrected chi connectivity index (χ3v) is 2.90. The first-order chi connectivity index (χ1) is 7.18. The molecule has 1 N–H and O–H groups in total. The molecule has 0 aromatic carbocycles. The van der Waals surface area contributed by atoms with Crippen molar-refractivity contribution in [2.75, 3.05) is 0 Å². The molecule has 0 fully saturated rings. The quantitative estimate of drug-likeness (QED) is 0.842. The maximum absolute atomic E-state index is 10.9. The van der Waals surface area contributed by atoms with Crippen LogP contribution in [0, 0.1) is 6.92 Å². The Bertz CT molecular complexity index is 493. The minimum atomic E-state index is -0.994. The van der Waals surface area contributed by atoms with Gasteiger partial charge in [0.05, 0.1) is 9.88 Å². The van der Waals surface area contributed by atoms with E-state index in [2.05, 4.69) is 9.97 Å². The monoisotopic (exact) mass is 220 g/mol. The van der Waals surface area contributed by atoms with Crippen molar-refractivity contribution in [1.82, 2.24) is 9.97 Å². The van der Waals surface area contributed by atoms with E-state index in [4.69, 9.17) is 5.11 Å². The van der Waals surface area contributed by atoms with E-state index < -0.39 is 5.97 Å². The lowest BCUT2D eigenvalue weighted by Gasteiger charge is -1.96. The number of thiazole rings is 1. The first-order valence-corrected chi connectivity index (χ1v) is 5.11. The number of aromatic nitrogens is 2. The van der Waals surface area contributed by atoms with Crippen molar-refractivity contribution in [1.29, 1.82) is 0 Å². The Hall–Kier alpha value is -1.75. The number of carboxylic acid groups (broad SMARTS) is 1. The van der Waals surface area contributed by atoms with Crippen molar-refractivity contribution < 1.29 is 9.90 Å².